The van der Waals surface area contributed by atoms with Crippen LogP contribution in [-0.4, -0.2) is 24.6 Å². The van der Waals surface area contributed by atoms with Gasteiger partial charge in [0.1, 0.15) is 5.01 Å². The first kappa shape index (κ1) is 17.9. The predicted octanol–water partition coefficient (Wildman–Crippen LogP) is 3.82. The standard InChI is InChI=1S/C20H20N2O3S/c1-14-7-9-15(10-8-14)20-22-16(13-26-20)11-21-19(23)12-25-18-6-4-3-5-17(18)24-2/h3-10,13H,11-12H2,1-2H3,(H,21,23). The Morgan fingerprint density at radius 2 is 1.85 bits per heavy atom. The topological polar surface area (TPSA) is 60.5 Å². The fourth-order valence-electron chi connectivity index (χ4n) is 2.34. The highest BCUT2D eigenvalue weighted by atomic mass is 32.1. The second kappa shape index (κ2) is 8.49. The molecule has 1 aromatic heterocycles. The van der Waals surface area contributed by atoms with Gasteiger partial charge in [-0.05, 0) is 19.1 Å². The molecular formula is C20H20N2O3S. The van der Waals surface area contributed by atoms with E-state index in [1.54, 1.807) is 30.6 Å². The van der Waals surface area contributed by atoms with Crippen molar-refractivity contribution in [1.29, 1.82) is 0 Å². The molecule has 2 aromatic carbocycles. The number of carbonyl (C=O) groups is 1. The van der Waals surface area contributed by atoms with Crippen LogP contribution in [0.5, 0.6) is 11.5 Å². The lowest BCUT2D eigenvalue weighted by molar-refractivity contribution is -0.123. The summed E-state index contributed by atoms with van der Waals surface area (Å²) < 4.78 is 10.7. The number of aryl methyl sites for hydroxylation is 1. The van der Waals surface area contributed by atoms with E-state index in [0.29, 0.717) is 18.0 Å². The lowest BCUT2D eigenvalue weighted by Gasteiger charge is -2.10. The van der Waals surface area contributed by atoms with Crippen molar-refractivity contribution in [1.82, 2.24) is 10.3 Å². The van der Waals surface area contributed by atoms with Crippen molar-refractivity contribution in [2.24, 2.45) is 0 Å². The summed E-state index contributed by atoms with van der Waals surface area (Å²) in [5.41, 5.74) is 3.13. The quantitative estimate of drug-likeness (QED) is 0.689. The third-order valence-electron chi connectivity index (χ3n) is 3.74. The SMILES string of the molecule is COc1ccccc1OCC(=O)NCc1csc(-c2ccc(C)cc2)n1. The van der Waals surface area contributed by atoms with Crippen LogP contribution < -0.4 is 14.8 Å². The van der Waals surface area contributed by atoms with Crippen molar-refractivity contribution < 1.29 is 14.3 Å². The van der Waals surface area contributed by atoms with Crippen molar-refractivity contribution in [2.45, 2.75) is 13.5 Å². The summed E-state index contributed by atoms with van der Waals surface area (Å²) in [6.45, 7) is 2.35. The molecular weight excluding hydrogens is 348 g/mol. The Morgan fingerprint density at radius 3 is 2.58 bits per heavy atom. The van der Waals surface area contributed by atoms with E-state index < -0.39 is 0 Å². The van der Waals surface area contributed by atoms with E-state index in [1.807, 2.05) is 17.5 Å². The van der Waals surface area contributed by atoms with Crippen LogP contribution in [0.4, 0.5) is 0 Å². The number of carbonyl (C=O) groups excluding carboxylic acids is 1. The molecule has 1 amide bonds. The van der Waals surface area contributed by atoms with Gasteiger partial charge in [-0.3, -0.25) is 4.79 Å². The highest BCUT2D eigenvalue weighted by Gasteiger charge is 2.09. The molecule has 6 heteroatoms. The van der Waals surface area contributed by atoms with Crippen LogP contribution in [-0.2, 0) is 11.3 Å². The summed E-state index contributed by atoms with van der Waals surface area (Å²) in [5, 5.41) is 5.72. The van der Waals surface area contributed by atoms with Gasteiger partial charge in [0.05, 0.1) is 19.3 Å². The smallest absolute Gasteiger partial charge is 0.258 e. The maximum Gasteiger partial charge on any atom is 0.258 e. The number of nitrogens with zero attached hydrogens (tertiary/aromatic N) is 1. The number of methoxy groups -OCH3 is 1. The molecule has 3 rings (SSSR count). The molecule has 0 aliphatic rings. The minimum Gasteiger partial charge on any atom is -0.493 e. The average molecular weight is 368 g/mol. The molecule has 0 fully saturated rings. The van der Waals surface area contributed by atoms with E-state index in [9.17, 15) is 4.79 Å². The maximum atomic E-state index is 12.0. The summed E-state index contributed by atoms with van der Waals surface area (Å²) in [7, 11) is 1.57. The highest BCUT2D eigenvalue weighted by Crippen LogP contribution is 2.26. The molecule has 134 valence electrons. The van der Waals surface area contributed by atoms with E-state index in [0.717, 1.165) is 16.3 Å². The Bertz CT molecular complexity index is 875. The van der Waals surface area contributed by atoms with Crippen LogP contribution in [0.3, 0.4) is 0 Å². The number of aromatic nitrogens is 1. The van der Waals surface area contributed by atoms with Gasteiger partial charge in [-0.2, -0.15) is 0 Å². The Kier molecular flexibility index (Phi) is 5.86. The molecule has 0 saturated carbocycles. The summed E-state index contributed by atoms with van der Waals surface area (Å²) >= 11 is 1.57. The van der Waals surface area contributed by atoms with Crippen LogP contribution in [0.15, 0.2) is 53.9 Å². The average Bonchev–Trinajstić information content (AvgIpc) is 3.14. The molecule has 26 heavy (non-hydrogen) atoms. The minimum atomic E-state index is -0.208. The zero-order valence-corrected chi connectivity index (χ0v) is 15.5. The summed E-state index contributed by atoms with van der Waals surface area (Å²) in [4.78, 5) is 16.6. The molecule has 5 nitrogen and oxygen atoms in total. The molecule has 0 unspecified atom stereocenters. The molecule has 0 spiro atoms. The van der Waals surface area contributed by atoms with Crippen molar-refractivity contribution in [3.05, 3.63) is 65.2 Å². The third-order valence-corrected chi connectivity index (χ3v) is 4.68. The molecule has 0 atom stereocenters. The van der Waals surface area contributed by atoms with Gasteiger partial charge >= 0.3 is 0 Å². The summed E-state index contributed by atoms with van der Waals surface area (Å²) in [6.07, 6.45) is 0. The van der Waals surface area contributed by atoms with Crippen LogP contribution in [0.1, 0.15) is 11.3 Å². The van der Waals surface area contributed by atoms with E-state index in [2.05, 4.69) is 41.5 Å². The van der Waals surface area contributed by atoms with Gasteiger partial charge in [0.15, 0.2) is 18.1 Å². The first-order valence-corrected chi connectivity index (χ1v) is 9.07. The molecule has 0 aliphatic heterocycles. The van der Waals surface area contributed by atoms with Gasteiger partial charge in [-0.15, -0.1) is 11.3 Å². The summed E-state index contributed by atoms with van der Waals surface area (Å²) in [5.74, 6) is 0.934. The van der Waals surface area contributed by atoms with Gasteiger partial charge in [0.25, 0.3) is 5.91 Å². The van der Waals surface area contributed by atoms with Crippen LogP contribution in [0.2, 0.25) is 0 Å². The van der Waals surface area contributed by atoms with Crippen LogP contribution in [0.25, 0.3) is 10.6 Å². The second-order valence-electron chi connectivity index (χ2n) is 5.73. The fraction of sp³-hybridized carbons (Fsp3) is 0.200. The van der Waals surface area contributed by atoms with Crippen LogP contribution >= 0.6 is 11.3 Å². The lowest BCUT2D eigenvalue weighted by Crippen LogP contribution is -2.28. The van der Waals surface area contributed by atoms with Crippen molar-refractivity contribution in [3.63, 3.8) is 0 Å². The molecule has 0 saturated heterocycles. The van der Waals surface area contributed by atoms with E-state index >= 15 is 0 Å². The van der Waals surface area contributed by atoms with E-state index in [-0.39, 0.29) is 12.5 Å². The number of amides is 1. The zero-order valence-electron chi connectivity index (χ0n) is 14.7. The molecule has 0 bridgehead atoms. The Hall–Kier alpha value is -2.86. The van der Waals surface area contributed by atoms with E-state index in [4.69, 9.17) is 9.47 Å². The fourth-order valence-corrected chi connectivity index (χ4v) is 3.16. The number of ether oxygens (including phenoxy) is 2. The molecule has 1 heterocycles. The van der Waals surface area contributed by atoms with E-state index in [1.165, 1.54) is 5.56 Å². The van der Waals surface area contributed by atoms with Crippen molar-refractivity contribution >= 4 is 17.2 Å². The molecule has 0 aliphatic carbocycles. The number of hydrogen-bond donors (Lipinski definition) is 1. The molecule has 0 radical (unpaired) electrons. The second-order valence-corrected chi connectivity index (χ2v) is 6.58. The third kappa shape index (κ3) is 4.61. The number of nitrogens with one attached hydrogen (secondary N) is 1. The number of thiazole rings is 1. The lowest BCUT2D eigenvalue weighted by atomic mass is 10.2. The molecule has 3 aromatic rings. The van der Waals surface area contributed by atoms with Crippen molar-refractivity contribution in [3.8, 4) is 22.1 Å². The Labute approximate surface area is 156 Å². The number of para-hydroxylation sites is 2. The van der Waals surface area contributed by atoms with Gasteiger partial charge in [0.2, 0.25) is 0 Å². The van der Waals surface area contributed by atoms with Crippen molar-refractivity contribution in [2.75, 3.05) is 13.7 Å². The summed E-state index contributed by atoms with van der Waals surface area (Å²) in [6, 6.07) is 15.5. The number of rotatable bonds is 7. The minimum absolute atomic E-state index is 0.0741. The Morgan fingerprint density at radius 1 is 1.12 bits per heavy atom. The first-order chi connectivity index (χ1) is 12.7. The first-order valence-electron chi connectivity index (χ1n) is 8.19. The predicted molar refractivity (Wildman–Crippen MR) is 103 cm³/mol. The maximum absolute atomic E-state index is 12.0. The number of benzene rings is 2. The van der Waals surface area contributed by atoms with Gasteiger partial charge in [-0.25, -0.2) is 4.98 Å². The van der Waals surface area contributed by atoms with Crippen LogP contribution in [0, 0.1) is 6.92 Å². The largest absolute Gasteiger partial charge is 0.493 e. The number of hydrogen-bond acceptors (Lipinski definition) is 5. The highest BCUT2D eigenvalue weighted by molar-refractivity contribution is 7.13. The zero-order chi connectivity index (χ0) is 18.4. The van der Waals surface area contributed by atoms with Gasteiger partial charge in [-0.1, -0.05) is 42.0 Å². The van der Waals surface area contributed by atoms with Gasteiger partial charge in [0, 0.05) is 10.9 Å². The molecule has 1 N–H and O–H groups in total. The van der Waals surface area contributed by atoms with Gasteiger partial charge < -0.3 is 14.8 Å². The monoisotopic (exact) mass is 368 g/mol. The Balaban J connectivity index is 1.51. The normalized spacial score (nSPS) is 10.4.